The molecular formula is C69H80FN15O21. The fourth-order valence-electron chi connectivity index (χ4n) is 12.3. The van der Waals surface area contributed by atoms with Crippen molar-refractivity contribution in [3.8, 4) is 5.75 Å². The van der Waals surface area contributed by atoms with Gasteiger partial charge >= 0.3 is 24.1 Å². The third-order valence-corrected chi connectivity index (χ3v) is 17.5. The van der Waals surface area contributed by atoms with Gasteiger partial charge in [0.2, 0.25) is 0 Å². The molecule has 0 unspecified atom stereocenters. The number of methoxy groups -OCH3 is 1. The molecule has 5 aromatic rings. The number of esters is 2. The summed E-state index contributed by atoms with van der Waals surface area (Å²) in [7, 11) is 1.44. The molecule has 0 bridgehead atoms. The molecule has 3 aliphatic heterocycles. The monoisotopic (exact) mass is 1470 g/mol. The second-order valence-corrected chi connectivity index (χ2v) is 24.8. The second-order valence-electron chi connectivity index (χ2n) is 24.8. The van der Waals surface area contributed by atoms with Crippen LogP contribution in [0.2, 0.25) is 0 Å². The Hall–Kier alpha value is -10.4. The van der Waals surface area contributed by atoms with Gasteiger partial charge in [-0.05, 0) is 74.9 Å². The van der Waals surface area contributed by atoms with Gasteiger partial charge in [0.05, 0.1) is 76.4 Å². The van der Waals surface area contributed by atoms with Gasteiger partial charge in [0.15, 0.2) is 31.1 Å². The van der Waals surface area contributed by atoms with Crippen molar-refractivity contribution < 1.29 is 105 Å². The number of rotatable bonds is 34. The van der Waals surface area contributed by atoms with Crippen molar-refractivity contribution in [3.05, 3.63) is 215 Å². The summed E-state index contributed by atoms with van der Waals surface area (Å²) in [6.07, 6.45) is -32.4. The molecule has 1 aliphatic carbocycles. The SMILES string of the molecule is COc1ccc(CO[C@H](C(=O)N[C@H]2[C@H](O)[C@@H](O[C@@H]3O[C@H](COC(C)=O)[C@@H](O[C@H]4O[C@@H](CN=[N+]=[N-])[C@H](O)[C@H](O)[C@H]4N=[N+]=[N-])[C@H]3OC(C)=O)[C@H](O[C@H]3O[C@H](CN(Cc4ccccc4)C(=O)OCc4ccccc4)CC[C@H]3N=[N+]=[N-])[C@@H](NC(=O)OCc3ccccc3)[C@@H]2OCc2ccccc2)[C@H](F)CN=[N+]=[N-])cc1. The molecule has 0 radical (unpaired) electrons. The number of azide groups is 4. The maximum Gasteiger partial charge on any atom is 0.410 e. The lowest BCUT2D eigenvalue weighted by Crippen LogP contribution is -2.75. The maximum atomic E-state index is 16.8. The van der Waals surface area contributed by atoms with Crippen LogP contribution in [0.1, 0.15) is 54.5 Å². The number of nitrogens with one attached hydrogen (secondary N) is 2. The highest BCUT2D eigenvalue weighted by Gasteiger charge is 2.60. The first kappa shape index (κ1) is 79.7. The molecule has 37 heteroatoms. The highest BCUT2D eigenvalue weighted by molar-refractivity contribution is 5.82. The van der Waals surface area contributed by atoms with Crippen molar-refractivity contribution in [2.24, 2.45) is 20.5 Å². The Morgan fingerprint density at radius 3 is 1.76 bits per heavy atom. The molecule has 564 valence electrons. The van der Waals surface area contributed by atoms with Gasteiger partial charge in [0, 0.05) is 40.0 Å². The first-order valence-electron chi connectivity index (χ1n) is 33.6. The van der Waals surface area contributed by atoms with Gasteiger partial charge in [-0.25, -0.2) is 14.0 Å². The number of carbonyl (C=O) groups excluding carboxylic acids is 5. The number of aliphatic hydroxyl groups excluding tert-OH is 3. The first-order valence-corrected chi connectivity index (χ1v) is 33.6. The Bertz CT molecular complexity index is 3870. The number of aliphatic hydroxyl groups is 3. The van der Waals surface area contributed by atoms with Crippen LogP contribution in [0.4, 0.5) is 14.0 Å². The number of hydrogen-bond acceptors (Lipinski definition) is 25. The Morgan fingerprint density at radius 2 is 1.16 bits per heavy atom. The largest absolute Gasteiger partial charge is 0.497 e. The van der Waals surface area contributed by atoms with Crippen LogP contribution in [0.3, 0.4) is 0 Å². The van der Waals surface area contributed by atoms with Crippen LogP contribution in [-0.2, 0) is 104 Å². The van der Waals surface area contributed by atoms with Crippen molar-refractivity contribution in [1.29, 1.82) is 0 Å². The average Bonchev–Trinajstić information content (AvgIpc) is 1.25. The van der Waals surface area contributed by atoms with Crippen molar-refractivity contribution in [3.63, 3.8) is 0 Å². The smallest absolute Gasteiger partial charge is 0.410 e. The third-order valence-electron chi connectivity index (χ3n) is 17.5. The Morgan fingerprint density at radius 1 is 0.575 bits per heavy atom. The molecular weight excluding hydrogens is 1390 g/mol. The van der Waals surface area contributed by atoms with Gasteiger partial charge in [-0.1, -0.05) is 154 Å². The zero-order chi connectivity index (χ0) is 75.5. The highest BCUT2D eigenvalue weighted by Crippen LogP contribution is 2.39. The molecule has 1 saturated carbocycles. The fraction of sp³-hybridized carbons (Fsp3) is 0.493. The molecule has 106 heavy (non-hydrogen) atoms. The number of carbonyl (C=O) groups is 5. The topological polar surface area (TPSA) is 488 Å². The molecule has 36 nitrogen and oxygen atoms in total. The summed E-state index contributed by atoms with van der Waals surface area (Å²) in [5, 5.41) is 56.0. The van der Waals surface area contributed by atoms with Gasteiger partial charge in [-0.2, -0.15) is 0 Å². The van der Waals surface area contributed by atoms with E-state index in [2.05, 4.69) is 50.7 Å². The van der Waals surface area contributed by atoms with Crippen LogP contribution in [0, 0.1) is 0 Å². The summed E-state index contributed by atoms with van der Waals surface area (Å²) in [6, 6.07) is 34.1. The number of nitrogens with zero attached hydrogens (tertiary/aromatic N) is 13. The van der Waals surface area contributed by atoms with E-state index in [1.54, 1.807) is 140 Å². The van der Waals surface area contributed by atoms with Crippen LogP contribution in [0.5, 0.6) is 5.75 Å². The van der Waals surface area contributed by atoms with Gasteiger partial charge in [0.25, 0.3) is 5.91 Å². The van der Waals surface area contributed by atoms with Gasteiger partial charge < -0.3 is 92.4 Å². The van der Waals surface area contributed by atoms with Gasteiger partial charge in [-0.15, -0.1) is 0 Å². The van der Waals surface area contributed by atoms with E-state index in [0.717, 1.165) is 13.8 Å². The van der Waals surface area contributed by atoms with E-state index in [1.165, 1.54) is 12.0 Å². The summed E-state index contributed by atoms with van der Waals surface area (Å²) >= 11 is 0. The molecule has 3 amide bonds. The van der Waals surface area contributed by atoms with E-state index in [4.69, 9.17) is 61.6 Å². The number of alkyl carbamates (subject to hydrolysis) is 1. The second kappa shape index (κ2) is 40.2. The van der Waals surface area contributed by atoms with Crippen LogP contribution in [-0.4, -0.2) is 206 Å². The summed E-state index contributed by atoms with van der Waals surface area (Å²) in [5.74, 6) is -2.81. The lowest BCUT2D eigenvalue weighted by atomic mass is 9.80. The molecule has 4 aliphatic rings. The van der Waals surface area contributed by atoms with Crippen LogP contribution in [0.15, 0.2) is 166 Å². The van der Waals surface area contributed by atoms with Gasteiger partial charge in [0.1, 0.15) is 80.5 Å². The minimum atomic E-state index is -2.40. The summed E-state index contributed by atoms with van der Waals surface area (Å²) < 4.78 is 97.6. The summed E-state index contributed by atoms with van der Waals surface area (Å²) in [6.45, 7) is -1.82. The number of ether oxygens (including phenoxy) is 13. The van der Waals surface area contributed by atoms with E-state index in [9.17, 15) is 56.6 Å². The lowest BCUT2D eigenvalue weighted by Gasteiger charge is -2.51. The number of benzene rings is 5. The zero-order valence-electron chi connectivity index (χ0n) is 57.6. The van der Waals surface area contributed by atoms with E-state index < -0.39 is 179 Å². The first-order chi connectivity index (χ1) is 51.4. The molecule has 5 N–H and O–H groups in total. The standard InChI is InChI=1S/C69H80FN15O21/c1-39(86)95-38-51-59(104-66-53(80-84-74)56(89)55(88)50(102-66)31-76-82-72)63(100-40(2)87)67(103-51)106-62-57(90)52(77-64(91)58(48(70)30-75-81-71)96-35-45-24-26-46(94-3)27-25-45)60(97-34-42-18-10-5-11-19-42)54(78-68(92)98-36-43-20-12-6-13-21-43)61(62)105-65-49(79-83-73)29-28-47(101-65)33-85(32-41-16-8-4-9-17-41)69(93)99-37-44-22-14-7-15-23-44/h4-27,47-63,65-67,88-90H,28-38H2,1-3H3,(H,77,91)(H,78,92)/t47-,48+,49+,50-,51+,52-,53+,54-,55-,56+,57-,58-,59+,60+,61+,62+,63+,65+,66+,67-/m0/s1. The van der Waals surface area contributed by atoms with Crippen molar-refractivity contribution in [2.75, 3.05) is 33.4 Å². The summed E-state index contributed by atoms with van der Waals surface area (Å²) in [4.78, 5) is 83.4. The quantitative estimate of drug-likeness (QED) is 0.00861. The van der Waals surface area contributed by atoms with Crippen LogP contribution < -0.4 is 15.4 Å². The van der Waals surface area contributed by atoms with E-state index >= 15 is 9.18 Å². The zero-order valence-corrected chi connectivity index (χ0v) is 57.6. The predicted octanol–water partition coefficient (Wildman–Crippen LogP) is 7.80. The van der Waals surface area contributed by atoms with Crippen LogP contribution in [0.25, 0.3) is 41.8 Å². The molecule has 3 heterocycles. The van der Waals surface area contributed by atoms with Crippen LogP contribution >= 0.6 is 0 Å². The van der Waals surface area contributed by atoms with Crippen molar-refractivity contribution in [1.82, 2.24) is 15.5 Å². The fourth-order valence-corrected chi connectivity index (χ4v) is 12.3. The third kappa shape index (κ3) is 22.3. The molecule has 20 atom stereocenters. The predicted molar refractivity (Wildman–Crippen MR) is 364 cm³/mol. The normalized spacial score (nSPS) is 27.3. The molecule has 4 fully saturated rings. The maximum absolute atomic E-state index is 16.8. The molecule has 3 saturated heterocycles. The van der Waals surface area contributed by atoms with Gasteiger partial charge in [-0.3, -0.25) is 14.4 Å². The van der Waals surface area contributed by atoms with E-state index in [1.807, 2.05) is 6.07 Å². The molecule has 0 aromatic heterocycles. The summed E-state index contributed by atoms with van der Waals surface area (Å²) in [5.41, 5.74) is 41.4. The van der Waals surface area contributed by atoms with Crippen molar-refractivity contribution >= 4 is 30.0 Å². The number of alkyl halides is 1. The molecule has 5 aromatic carbocycles. The number of amides is 3. The average molecular weight is 1470 g/mol. The Labute approximate surface area is 605 Å². The molecule has 9 rings (SSSR count). The highest BCUT2D eigenvalue weighted by atomic mass is 19.1. The Kier molecular flexibility index (Phi) is 30.2. The minimum absolute atomic E-state index is 0.00300. The minimum Gasteiger partial charge on any atom is -0.497 e. The molecule has 0 spiro atoms. The van der Waals surface area contributed by atoms with E-state index in [-0.39, 0.29) is 45.8 Å². The lowest BCUT2D eigenvalue weighted by molar-refractivity contribution is -0.302. The van der Waals surface area contributed by atoms with Crippen molar-refractivity contribution in [2.45, 2.75) is 182 Å². The van der Waals surface area contributed by atoms with E-state index in [0.29, 0.717) is 33.6 Å². The number of hydrogen-bond donors (Lipinski definition) is 5. The Balaban J connectivity index is 1.19. The number of halogens is 1.